The van der Waals surface area contributed by atoms with Crippen LogP contribution in [-0.4, -0.2) is 35.4 Å². The topological polar surface area (TPSA) is 59.2 Å². The van der Waals surface area contributed by atoms with E-state index in [9.17, 15) is 4.79 Å². The number of hydrogen-bond acceptors (Lipinski definition) is 4. The number of aryl methyl sites for hydroxylation is 1. The van der Waals surface area contributed by atoms with Gasteiger partial charge in [0.25, 0.3) is 5.91 Å². The molecule has 5 heteroatoms. The van der Waals surface area contributed by atoms with Crippen molar-refractivity contribution < 1.29 is 4.79 Å². The van der Waals surface area contributed by atoms with Crippen LogP contribution in [0.25, 0.3) is 11.3 Å². The number of nitrogens with two attached hydrogens (primary N) is 1. The van der Waals surface area contributed by atoms with Gasteiger partial charge < -0.3 is 10.6 Å². The Labute approximate surface area is 128 Å². The Morgan fingerprint density at radius 2 is 2.33 bits per heavy atom. The van der Waals surface area contributed by atoms with Gasteiger partial charge in [0, 0.05) is 24.0 Å². The van der Waals surface area contributed by atoms with Crippen LogP contribution in [0.1, 0.15) is 22.5 Å². The molecular weight excluding hydrogens is 282 g/mol. The summed E-state index contributed by atoms with van der Waals surface area (Å²) in [7, 11) is 0. The second-order valence-corrected chi connectivity index (χ2v) is 6.26. The number of likely N-dealkylation sites (tertiary alicyclic amines) is 1. The quantitative estimate of drug-likeness (QED) is 0.947. The third-order valence-electron chi connectivity index (χ3n) is 4.04. The normalized spacial score (nSPS) is 18.2. The highest BCUT2D eigenvalue weighted by Gasteiger charge is 2.27. The maximum Gasteiger partial charge on any atom is 0.255 e. The van der Waals surface area contributed by atoms with E-state index in [4.69, 9.17) is 5.73 Å². The first-order valence-electron chi connectivity index (χ1n) is 7.18. The van der Waals surface area contributed by atoms with Crippen molar-refractivity contribution in [3.8, 4) is 11.3 Å². The van der Waals surface area contributed by atoms with Gasteiger partial charge in [-0.05, 0) is 49.4 Å². The Kier molecular flexibility index (Phi) is 4.03. The molecule has 1 unspecified atom stereocenters. The Hall–Kier alpha value is -1.72. The Morgan fingerprint density at radius 1 is 1.48 bits per heavy atom. The highest BCUT2D eigenvalue weighted by molar-refractivity contribution is 7.08. The van der Waals surface area contributed by atoms with Gasteiger partial charge in [-0.2, -0.15) is 11.3 Å². The smallest absolute Gasteiger partial charge is 0.255 e. The average molecular weight is 301 g/mol. The summed E-state index contributed by atoms with van der Waals surface area (Å²) >= 11 is 1.65. The largest absolute Gasteiger partial charge is 0.338 e. The molecule has 3 rings (SSSR count). The molecule has 0 spiro atoms. The van der Waals surface area contributed by atoms with Gasteiger partial charge in [-0.3, -0.25) is 9.78 Å². The molecule has 0 bridgehead atoms. The van der Waals surface area contributed by atoms with Gasteiger partial charge in [-0.1, -0.05) is 0 Å². The van der Waals surface area contributed by atoms with Crippen LogP contribution in [0.15, 0.2) is 29.0 Å². The molecule has 1 fully saturated rings. The molecule has 3 heterocycles. The number of amides is 1. The fourth-order valence-electron chi connectivity index (χ4n) is 2.74. The molecule has 1 saturated heterocycles. The van der Waals surface area contributed by atoms with E-state index in [0.717, 1.165) is 36.5 Å². The van der Waals surface area contributed by atoms with Crippen LogP contribution in [0.2, 0.25) is 0 Å². The molecule has 2 N–H and O–H groups in total. The number of thiophene rings is 1. The lowest BCUT2D eigenvalue weighted by Crippen LogP contribution is -2.30. The fourth-order valence-corrected chi connectivity index (χ4v) is 3.39. The van der Waals surface area contributed by atoms with Gasteiger partial charge in [0.2, 0.25) is 0 Å². The SMILES string of the molecule is Cc1nc(-c2ccsc2)ccc1C(=O)N1CCC(CN)C1. The van der Waals surface area contributed by atoms with Gasteiger partial charge >= 0.3 is 0 Å². The van der Waals surface area contributed by atoms with Crippen molar-refractivity contribution in [3.05, 3.63) is 40.2 Å². The molecule has 1 aliphatic rings. The second kappa shape index (κ2) is 5.95. The maximum absolute atomic E-state index is 12.6. The molecule has 1 aliphatic heterocycles. The summed E-state index contributed by atoms with van der Waals surface area (Å²) in [6, 6.07) is 5.87. The van der Waals surface area contributed by atoms with Crippen LogP contribution in [-0.2, 0) is 0 Å². The molecule has 110 valence electrons. The van der Waals surface area contributed by atoms with E-state index in [2.05, 4.69) is 10.4 Å². The third-order valence-corrected chi connectivity index (χ3v) is 4.72. The molecule has 2 aromatic rings. The van der Waals surface area contributed by atoms with Gasteiger partial charge in [-0.25, -0.2) is 0 Å². The summed E-state index contributed by atoms with van der Waals surface area (Å²) in [6.07, 6.45) is 1.00. The number of carbonyl (C=O) groups excluding carboxylic acids is 1. The summed E-state index contributed by atoms with van der Waals surface area (Å²) in [4.78, 5) is 19.1. The average Bonchev–Trinajstić information content (AvgIpc) is 3.17. The first-order chi connectivity index (χ1) is 10.2. The van der Waals surface area contributed by atoms with Gasteiger partial charge in [0.15, 0.2) is 0 Å². The highest BCUT2D eigenvalue weighted by Crippen LogP contribution is 2.23. The zero-order chi connectivity index (χ0) is 14.8. The monoisotopic (exact) mass is 301 g/mol. The number of hydrogen-bond donors (Lipinski definition) is 1. The van der Waals surface area contributed by atoms with Crippen molar-refractivity contribution >= 4 is 17.2 Å². The molecule has 4 nitrogen and oxygen atoms in total. The van der Waals surface area contributed by atoms with E-state index in [1.807, 2.05) is 35.4 Å². The number of aromatic nitrogens is 1. The number of pyridine rings is 1. The molecule has 0 radical (unpaired) electrons. The van der Waals surface area contributed by atoms with Crippen molar-refractivity contribution in [2.24, 2.45) is 11.7 Å². The molecule has 0 aromatic carbocycles. The van der Waals surface area contributed by atoms with Crippen LogP contribution < -0.4 is 5.73 Å². The summed E-state index contributed by atoms with van der Waals surface area (Å²) in [5, 5.41) is 4.10. The number of rotatable bonds is 3. The van der Waals surface area contributed by atoms with Crippen LogP contribution >= 0.6 is 11.3 Å². The minimum atomic E-state index is 0.0767. The summed E-state index contributed by atoms with van der Waals surface area (Å²) in [5.41, 5.74) is 9.21. The van der Waals surface area contributed by atoms with E-state index in [1.165, 1.54) is 0 Å². The second-order valence-electron chi connectivity index (χ2n) is 5.48. The fraction of sp³-hybridized carbons (Fsp3) is 0.375. The minimum Gasteiger partial charge on any atom is -0.338 e. The molecule has 1 atom stereocenters. The third kappa shape index (κ3) is 2.84. The standard InChI is InChI=1S/C16H19N3OS/c1-11-14(16(20)19-6-4-12(8-17)9-19)2-3-15(18-11)13-5-7-21-10-13/h2-3,5,7,10,12H,4,6,8-9,17H2,1H3. The van der Waals surface area contributed by atoms with Crippen LogP contribution in [0.5, 0.6) is 0 Å². The molecule has 2 aromatic heterocycles. The van der Waals surface area contributed by atoms with Crippen LogP contribution in [0.4, 0.5) is 0 Å². The Morgan fingerprint density at radius 3 is 2.95 bits per heavy atom. The zero-order valence-corrected chi connectivity index (χ0v) is 12.9. The lowest BCUT2D eigenvalue weighted by atomic mass is 10.1. The first-order valence-corrected chi connectivity index (χ1v) is 8.13. The van der Waals surface area contributed by atoms with E-state index in [-0.39, 0.29) is 5.91 Å². The van der Waals surface area contributed by atoms with Crippen molar-refractivity contribution in [1.29, 1.82) is 0 Å². The van der Waals surface area contributed by atoms with Crippen LogP contribution in [0.3, 0.4) is 0 Å². The summed E-state index contributed by atoms with van der Waals surface area (Å²) in [5.74, 6) is 0.514. The molecular formula is C16H19N3OS. The van der Waals surface area contributed by atoms with Crippen molar-refractivity contribution in [3.63, 3.8) is 0 Å². The molecule has 21 heavy (non-hydrogen) atoms. The van der Waals surface area contributed by atoms with E-state index in [1.54, 1.807) is 11.3 Å². The predicted molar refractivity (Wildman–Crippen MR) is 85.4 cm³/mol. The van der Waals surface area contributed by atoms with Crippen LogP contribution in [0, 0.1) is 12.8 Å². The van der Waals surface area contributed by atoms with Gasteiger partial charge in [-0.15, -0.1) is 0 Å². The molecule has 0 aliphatic carbocycles. The summed E-state index contributed by atoms with van der Waals surface area (Å²) < 4.78 is 0. The van der Waals surface area contributed by atoms with E-state index >= 15 is 0 Å². The van der Waals surface area contributed by atoms with E-state index < -0.39 is 0 Å². The molecule has 1 amide bonds. The highest BCUT2D eigenvalue weighted by atomic mass is 32.1. The maximum atomic E-state index is 12.6. The van der Waals surface area contributed by atoms with Crippen molar-refractivity contribution in [1.82, 2.24) is 9.88 Å². The Balaban J connectivity index is 1.81. The number of carbonyl (C=O) groups is 1. The van der Waals surface area contributed by atoms with Crippen molar-refractivity contribution in [2.75, 3.05) is 19.6 Å². The predicted octanol–water partition coefficient (Wildman–Crippen LogP) is 2.54. The lowest BCUT2D eigenvalue weighted by Gasteiger charge is -2.17. The summed E-state index contributed by atoms with van der Waals surface area (Å²) in [6.45, 7) is 4.12. The van der Waals surface area contributed by atoms with Gasteiger partial charge in [0.05, 0.1) is 17.0 Å². The van der Waals surface area contributed by atoms with Crippen molar-refractivity contribution in [2.45, 2.75) is 13.3 Å². The lowest BCUT2D eigenvalue weighted by molar-refractivity contribution is 0.0786. The zero-order valence-electron chi connectivity index (χ0n) is 12.1. The minimum absolute atomic E-state index is 0.0767. The van der Waals surface area contributed by atoms with Gasteiger partial charge in [0.1, 0.15) is 0 Å². The Bertz CT molecular complexity index is 639. The molecule has 0 saturated carbocycles. The number of nitrogens with zero attached hydrogens (tertiary/aromatic N) is 2. The first kappa shape index (κ1) is 14.2. The van der Waals surface area contributed by atoms with E-state index in [0.29, 0.717) is 18.0 Å².